The summed E-state index contributed by atoms with van der Waals surface area (Å²) < 4.78 is 30.4. The minimum atomic E-state index is -2.75. The maximum absolute atomic E-state index is 12.7. The summed E-state index contributed by atoms with van der Waals surface area (Å²) in [6, 6.07) is 1.34. The summed E-state index contributed by atoms with van der Waals surface area (Å²) in [5.74, 6) is -1.08. The third-order valence-corrected chi connectivity index (χ3v) is 2.70. The van der Waals surface area contributed by atoms with Crippen molar-refractivity contribution < 1.29 is 23.4 Å². The minimum Gasteiger partial charge on any atom is -0.481 e. The summed E-state index contributed by atoms with van der Waals surface area (Å²) in [6.45, 7) is 0. The molecular formula is C9H8F2INO3. The molecule has 1 rings (SSSR count). The van der Waals surface area contributed by atoms with Crippen LogP contribution in [0.2, 0.25) is 0 Å². The van der Waals surface area contributed by atoms with Crippen molar-refractivity contribution in [3.63, 3.8) is 0 Å². The summed E-state index contributed by atoms with van der Waals surface area (Å²) in [6.07, 6.45) is -3.30. The molecule has 1 heterocycles. The van der Waals surface area contributed by atoms with E-state index in [4.69, 9.17) is 9.84 Å². The van der Waals surface area contributed by atoms with Gasteiger partial charge in [-0.25, -0.2) is 13.8 Å². The van der Waals surface area contributed by atoms with Gasteiger partial charge in [-0.2, -0.15) is 0 Å². The monoisotopic (exact) mass is 343 g/mol. The molecule has 0 radical (unpaired) electrons. The lowest BCUT2D eigenvalue weighted by Gasteiger charge is -2.10. The van der Waals surface area contributed by atoms with Gasteiger partial charge in [0.05, 0.1) is 24.8 Å². The lowest BCUT2D eigenvalue weighted by Crippen LogP contribution is -2.09. The second kappa shape index (κ2) is 5.37. The van der Waals surface area contributed by atoms with Crippen LogP contribution in [0, 0.1) is 3.57 Å². The number of aromatic nitrogens is 1. The lowest BCUT2D eigenvalue weighted by atomic mass is 10.1. The van der Waals surface area contributed by atoms with Crippen LogP contribution >= 0.6 is 22.6 Å². The maximum Gasteiger partial charge on any atom is 0.309 e. The highest BCUT2D eigenvalue weighted by molar-refractivity contribution is 14.1. The molecule has 0 aliphatic heterocycles. The molecule has 1 aromatic heterocycles. The van der Waals surface area contributed by atoms with Crippen molar-refractivity contribution >= 4 is 28.6 Å². The van der Waals surface area contributed by atoms with Gasteiger partial charge in [-0.3, -0.25) is 4.79 Å². The summed E-state index contributed by atoms with van der Waals surface area (Å²) in [5.41, 5.74) is -0.505. The van der Waals surface area contributed by atoms with Gasteiger partial charge in [-0.05, 0) is 22.6 Å². The second-order valence-corrected chi connectivity index (χ2v) is 4.04. The van der Waals surface area contributed by atoms with Gasteiger partial charge < -0.3 is 9.84 Å². The number of nitrogens with zero attached hydrogens (tertiary/aromatic N) is 1. The predicted octanol–water partition coefficient (Wildman–Crippen LogP) is 2.26. The zero-order valence-electron chi connectivity index (χ0n) is 8.21. The number of pyridine rings is 1. The van der Waals surface area contributed by atoms with Crippen LogP contribution in [0.1, 0.15) is 17.7 Å². The molecule has 7 heteroatoms. The number of aliphatic carboxylic acids is 1. The Balaban J connectivity index is 3.28. The molecule has 0 unspecified atom stereocenters. The van der Waals surface area contributed by atoms with E-state index in [-0.39, 0.29) is 20.7 Å². The van der Waals surface area contributed by atoms with Crippen molar-refractivity contribution in [1.82, 2.24) is 4.98 Å². The average Bonchev–Trinajstić information content (AvgIpc) is 2.14. The quantitative estimate of drug-likeness (QED) is 0.852. The van der Waals surface area contributed by atoms with Crippen molar-refractivity contribution in [2.75, 3.05) is 7.11 Å². The third kappa shape index (κ3) is 3.00. The van der Waals surface area contributed by atoms with Crippen LogP contribution in [0.5, 0.6) is 5.88 Å². The minimum absolute atomic E-state index is 0.130. The van der Waals surface area contributed by atoms with Crippen LogP contribution in [0.3, 0.4) is 0 Å². The summed E-state index contributed by atoms with van der Waals surface area (Å²) >= 11 is 1.70. The molecule has 1 N–H and O–H groups in total. The van der Waals surface area contributed by atoms with Crippen molar-refractivity contribution in [3.8, 4) is 5.88 Å². The first-order chi connectivity index (χ1) is 7.45. The Labute approximate surface area is 104 Å². The normalized spacial score (nSPS) is 10.6. The fraction of sp³-hybridized carbons (Fsp3) is 0.333. The number of hydrogen-bond donors (Lipinski definition) is 1. The number of halogens is 3. The third-order valence-electron chi connectivity index (χ3n) is 1.81. The highest BCUT2D eigenvalue weighted by Crippen LogP contribution is 2.29. The SMILES string of the molecule is COc1cc(I)c(C(F)F)c(CC(=O)O)n1. The number of hydrogen-bond acceptors (Lipinski definition) is 3. The largest absolute Gasteiger partial charge is 0.481 e. The molecule has 0 aliphatic carbocycles. The van der Waals surface area contributed by atoms with Crippen molar-refractivity contribution in [1.29, 1.82) is 0 Å². The van der Waals surface area contributed by atoms with E-state index in [1.54, 1.807) is 22.6 Å². The molecule has 0 amide bonds. The summed E-state index contributed by atoms with van der Waals surface area (Å²) in [5, 5.41) is 8.60. The fourth-order valence-corrected chi connectivity index (χ4v) is 1.98. The highest BCUT2D eigenvalue weighted by Gasteiger charge is 2.21. The molecule has 0 saturated carbocycles. The number of ether oxygens (including phenoxy) is 1. The van der Waals surface area contributed by atoms with E-state index in [1.165, 1.54) is 13.2 Å². The zero-order chi connectivity index (χ0) is 12.3. The van der Waals surface area contributed by atoms with E-state index in [0.717, 1.165) is 0 Å². The van der Waals surface area contributed by atoms with Gasteiger partial charge in [-0.1, -0.05) is 0 Å². The van der Waals surface area contributed by atoms with Crippen LogP contribution in [0.25, 0.3) is 0 Å². The summed E-state index contributed by atoms with van der Waals surface area (Å²) in [4.78, 5) is 14.3. The Bertz CT molecular complexity index is 412. The molecule has 0 saturated heterocycles. The first kappa shape index (κ1) is 13.1. The van der Waals surface area contributed by atoms with Gasteiger partial charge in [0.2, 0.25) is 5.88 Å². The Hall–Kier alpha value is -0.990. The van der Waals surface area contributed by atoms with Gasteiger partial charge in [0.1, 0.15) is 0 Å². The highest BCUT2D eigenvalue weighted by atomic mass is 127. The summed E-state index contributed by atoms with van der Waals surface area (Å²) in [7, 11) is 1.34. The Morgan fingerprint density at radius 1 is 1.69 bits per heavy atom. The van der Waals surface area contributed by atoms with E-state index >= 15 is 0 Å². The van der Waals surface area contributed by atoms with Crippen molar-refractivity contribution in [2.24, 2.45) is 0 Å². The van der Waals surface area contributed by atoms with E-state index in [9.17, 15) is 13.6 Å². The predicted molar refractivity (Wildman–Crippen MR) is 59.8 cm³/mol. The van der Waals surface area contributed by atoms with E-state index in [2.05, 4.69) is 4.98 Å². The number of carbonyl (C=O) groups is 1. The smallest absolute Gasteiger partial charge is 0.309 e. The van der Waals surface area contributed by atoms with Gasteiger partial charge in [-0.15, -0.1) is 0 Å². The Kier molecular flexibility index (Phi) is 4.39. The molecule has 0 spiro atoms. The van der Waals surface area contributed by atoms with E-state index < -0.39 is 18.8 Å². The maximum atomic E-state index is 12.7. The second-order valence-electron chi connectivity index (χ2n) is 2.88. The number of rotatable bonds is 4. The first-order valence-electron chi connectivity index (χ1n) is 4.19. The molecule has 0 aliphatic rings. The van der Waals surface area contributed by atoms with Gasteiger partial charge in [0, 0.05) is 9.64 Å². The molecule has 0 bridgehead atoms. The van der Waals surface area contributed by atoms with E-state index in [1.807, 2.05) is 0 Å². The molecule has 0 fully saturated rings. The zero-order valence-corrected chi connectivity index (χ0v) is 10.4. The Morgan fingerprint density at radius 3 is 2.75 bits per heavy atom. The molecule has 88 valence electrons. The van der Waals surface area contributed by atoms with Crippen LogP contribution in [-0.2, 0) is 11.2 Å². The molecule has 4 nitrogen and oxygen atoms in total. The number of methoxy groups -OCH3 is 1. The van der Waals surface area contributed by atoms with Crippen molar-refractivity contribution in [2.45, 2.75) is 12.8 Å². The number of alkyl halides is 2. The molecule has 0 aromatic carbocycles. The van der Waals surface area contributed by atoms with Crippen molar-refractivity contribution in [3.05, 3.63) is 20.9 Å². The van der Waals surface area contributed by atoms with Gasteiger partial charge in [0.25, 0.3) is 6.43 Å². The number of carboxylic acid groups (broad SMARTS) is 1. The van der Waals surface area contributed by atoms with Gasteiger partial charge >= 0.3 is 5.97 Å². The standard InChI is InChI=1S/C9H8F2INO3/c1-16-6-2-4(12)8(9(10)11)5(13-6)3-7(14)15/h2,9H,3H2,1H3,(H,14,15). The van der Waals surface area contributed by atoms with Crippen LogP contribution in [-0.4, -0.2) is 23.2 Å². The van der Waals surface area contributed by atoms with Gasteiger partial charge in [0.15, 0.2) is 0 Å². The number of carboxylic acids is 1. The van der Waals surface area contributed by atoms with Crippen LogP contribution in [0.15, 0.2) is 6.07 Å². The molecule has 1 aromatic rings. The topological polar surface area (TPSA) is 59.4 Å². The Morgan fingerprint density at radius 2 is 2.31 bits per heavy atom. The van der Waals surface area contributed by atoms with Crippen LogP contribution < -0.4 is 4.74 Å². The average molecular weight is 343 g/mol. The molecule has 0 atom stereocenters. The lowest BCUT2D eigenvalue weighted by molar-refractivity contribution is -0.136. The van der Waals surface area contributed by atoms with E-state index in [0.29, 0.717) is 0 Å². The molecule has 16 heavy (non-hydrogen) atoms. The molecular weight excluding hydrogens is 335 g/mol. The fourth-order valence-electron chi connectivity index (χ4n) is 1.16. The first-order valence-corrected chi connectivity index (χ1v) is 5.26. The van der Waals surface area contributed by atoms with Crippen LogP contribution in [0.4, 0.5) is 8.78 Å².